The average molecular weight is 1790 g/mol. The van der Waals surface area contributed by atoms with E-state index in [1.165, 1.54) is 183 Å². The van der Waals surface area contributed by atoms with Crippen molar-refractivity contribution in [3.05, 3.63) is 431 Å². The van der Waals surface area contributed by atoms with Crippen LogP contribution in [0.3, 0.4) is 0 Å². The van der Waals surface area contributed by atoms with Crippen LogP contribution in [0.2, 0.25) is 0 Å². The lowest BCUT2D eigenvalue weighted by atomic mass is 9.95. The molecule has 0 saturated heterocycles. The highest BCUT2D eigenvalue weighted by Gasteiger charge is 2.36. The summed E-state index contributed by atoms with van der Waals surface area (Å²) in [5, 5.41) is 11.2. The lowest BCUT2D eigenvalue weighted by Crippen LogP contribution is -1.94. The normalized spacial score (nSPS) is 13.5. The highest BCUT2D eigenvalue weighted by molar-refractivity contribution is 6.18. The van der Waals surface area contributed by atoms with Gasteiger partial charge in [-0.2, -0.15) is 0 Å². The standard InChI is InChI=1S/4C31H18N4/c1-2-5-20-17(4-1)13-25-21(20)8-7-18-12-19-14-27-26(15-24(19)29(18)25)34-31-23-6-3-10-33-30(23)22-9-11-32-16-28(22)35(27)31;1-2-5-20-17(4-1)13-25-21(20)8-7-18-12-19-14-27-26(15-24(19)29(18)25)34-31-30-23(6-3-10-33-30)22-9-11-32-16-28(22)35(27)31;1-2-4-20-17(3-1)12-25-21(20)6-5-18-11-19-13-28-27(14-24(19)30(18)25)34-31-23-8-10-32-15-26(23)22-7-9-33-16-29(22)35(28)31;1-2-4-20-17(3-1)12-25-21(20)6-5-18-11-19-13-28-27(14-24(19)30(18)25)34-31-26-15-32-9-7-22(26)23-8-10-33-16-29(23)35(28)31/h2*1-11,14-16H,12-13H2;2*1-10,13-16H,11-12H2. The highest BCUT2D eigenvalue weighted by atomic mass is 15.1. The second-order valence-corrected chi connectivity index (χ2v) is 38.8. The third-order valence-corrected chi connectivity index (χ3v) is 31.9. The molecule has 648 valence electrons. The summed E-state index contributed by atoms with van der Waals surface area (Å²) in [7, 11) is 0. The quantitative estimate of drug-likeness (QED) is 0.132. The first-order chi connectivity index (χ1) is 69.4. The van der Waals surface area contributed by atoms with Gasteiger partial charge in [0.15, 0.2) is 5.65 Å². The summed E-state index contributed by atoms with van der Waals surface area (Å²) in [4.78, 5) is 56.7. The molecule has 0 N–H and O–H groups in total. The molecule has 0 radical (unpaired) electrons. The minimum atomic E-state index is 0.894. The van der Waals surface area contributed by atoms with Crippen LogP contribution in [0, 0.1) is 0 Å². The molecule has 36 rings (SSSR count). The van der Waals surface area contributed by atoms with Crippen LogP contribution >= 0.6 is 0 Å². The van der Waals surface area contributed by atoms with Crippen molar-refractivity contribution in [3.8, 4) is 89.0 Å². The first-order valence-corrected chi connectivity index (χ1v) is 48.1. The third-order valence-electron chi connectivity index (χ3n) is 31.9. The van der Waals surface area contributed by atoms with E-state index in [1.807, 2.05) is 98.9 Å². The van der Waals surface area contributed by atoms with Gasteiger partial charge in [0.05, 0.1) is 96.5 Å². The van der Waals surface area contributed by atoms with Crippen LogP contribution in [0.1, 0.15) is 89.0 Å². The number of hydrogen-bond donors (Lipinski definition) is 0. The van der Waals surface area contributed by atoms with Crippen molar-refractivity contribution in [1.29, 1.82) is 0 Å². The zero-order valence-corrected chi connectivity index (χ0v) is 75.1. The molecule has 0 bridgehead atoms. The van der Waals surface area contributed by atoms with Gasteiger partial charge in [-0.25, -0.2) is 19.9 Å². The predicted octanol–water partition coefficient (Wildman–Crippen LogP) is 26.9. The van der Waals surface area contributed by atoms with Crippen molar-refractivity contribution >= 4 is 154 Å². The number of benzene rings is 12. The molecule has 8 aliphatic rings. The van der Waals surface area contributed by atoms with Gasteiger partial charge in [-0.05, 0) is 338 Å². The van der Waals surface area contributed by atoms with Gasteiger partial charge < -0.3 is 0 Å². The van der Waals surface area contributed by atoms with E-state index in [2.05, 4.69) is 290 Å². The fourth-order valence-corrected chi connectivity index (χ4v) is 26.0. The van der Waals surface area contributed by atoms with Crippen LogP contribution in [0.15, 0.2) is 342 Å². The number of imidazole rings is 4. The van der Waals surface area contributed by atoms with E-state index in [0.717, 1.165) is 200 Å². The Balaban J connectivity index is 0.0000000829. The van der Waals surface area contributed by atoms with Gasteiger partial charge in [0, 0.05) is 110 Å². The predicted molar refractivity (Wildman–Crippen MR) is 559 cm³/mol. The van der Waals surface area contributed by atoms with Crippen LogP contribution in [0.5, 0.6) is 0 Å². The van der Waals surface area contributed by atoms with Gasteiger partial charge >= 0.3 is 0 Å². The molecule has 0 amide bonds. The molecule has 16 nitrogen and oxygen atoms in total. The first kappa shape index (κ1) is 75.1. The van der Waals surface area contributed by atoms with E-state index < -0.39 is 0 Å². The zero-order valence-electron chi connectivity index (χ0n) is 75.1. The van der Waals surface area contributed by atoms with Crippen molar-refractivity contribution < 1.29 is 0 Å². The number of aromatic nitrogens is 16. The molecule has 140 heavy (non-hydrogen) atoms. The van der Waals surface area contributed by atoms with Crippen molar-refractivity contribution in [2.75, 3.05) is 0 Å². The molecule has 28 aromatic rings. The van der Waals surface area contributed by atoms with Gasteiger partial charge in [-0.1, -0.05) is 152 Å². The second-order valence-electron chi connectivity index (χ2n) is 38.8. The number of fused-ring (bicyclic) bond motifs is 60. The Bertz CT molecular complexity index is 9460. The first-order valence-electron chi connectivity index (χ1n) is 48.1. The summed E-state index contributed by atoms with van der Waals surface area (Å²) in [6, 6.07) is 93.3. The molecule has 0 aliphatic heterocycles. The van der Waals surface area contributed by atoms with Crippen LogP contribution in [0.4, 0.5) is 0 Å². The molecule has 12 aromatic carbocycles. The molecule has 0 saturated carbocycles. The van der Waals surface area contributed by atoms with E-state index >= 15 is 0 Å². The van der Waals surface area contributed by atoms with Gasteiger partial charge in [-0.15, -0.1) is 0 Å². The smallest absolute Gasteiger partial charge is 0.165 e. The Hall–Kier alpha value is -18.3. The van der Waals surface area contributed by atoms with Crippen LogP contribution < -0.4 is 0 Å². The lowest BCUT2D eigenvalue weighted by Gasteiger charge is -2.09. The van der Waals surface area contributed by atoms with E-state index in [-0.39, 0.29) is 0 Å². The molecule has 16 heteroatoms. The number of pyridine rings is 12. The maximum Gasteiger partial charge on any atom is 0.165 e. The monoisotopic (exact) mass is 1780 g/mol. The molecule has 16 heterocycles. The third kappa shape index (κ3) is 10.3. The number of nitrogens with zero attached hydrogens (tertiary/aromatic N) is 16. The van der Waals surface area contributed by atoms with Gasteiger partial charge in [0.1, 0.15) is 22.5 Å². The van der Waals surface area contributed by atoms with E-state index in [9.17, 15) is 0 Å². The van der Waals surface area contributed by atoms with Crippen LogP contribution in [0.25, 0.3) is 243 Å². The minimum Gasteiger partial charge on any atom is -0.290 e. The highest BCUT2D eigenvalue weighted by Crippen LogP contribution is 2.55. The summed E-state index contributed by atoms with van der Waals surface area (Å²) in [6.07, 6.45) is 34.3. The molecule has 0 atom stereocenters. The Morgan fingerprint density at radius 1 is 0.171 bits per heavy atom. The van der Waals surface area contributed by atoms with Crippen molar-refractivity contribution in [3.63, 3.8) is 0 Å². The lowest BCUT2D eigenvalue weighted by molar-refractivity contribution is 1.23. The Kier molecular flexibility index (Phi) is 14.9. The summed E-state index contributed by atoms with van der Waals surface area (Å²) >= 11 is 0. The van der Waals surface area contributed by atoms with Crippen molar-refractivity contribution in [1.82, 2.24) is 77.4 Å². The summed E-state index contributed by atoms with van der Waals surface area (Å²) in [6.45, 7) is 0. The molecule has 0 spiro atoms. The Morgan fingerprint density at radius 2 is 0.479 bits per heavy atom. The van der Waals surface area contributed by atoms with Gasteiger partial charge in [0.25, 0.3) is 0 Å². The van der Waals surface area contributed by atoms with Crippen molar-refractivity contribution in [2.24, 2.45) is 0 Å². The molecular weight excluding hydrogens is 1710 g/mol. The van der Waals surface area contributed by atoms with E-state index in [4.69, 9.17) is 29.9 Å². The second kappa shape index (κ2) is 27.7. The minimum absolute atomic E-state index is 0.894. The number of rotatable bonds is 0. The molecule has 16 aromatic heterocycles. The number of hydrogen-bond acceptors (Lipinski definition) is 12. The van der Waals surface area contributed by atoms with E-state index in [1.54, 1.807) is 0 Å². The largest absolute Gasteiger partial charge is 0.290 e. The van der Waals surface area contributed by atoms with Gasteiger partial charge in [-0.3, -0.25) is 57.5 Å². The van der Waals surface area contributed by atoms with Crippen molar-refractivity contribution in [2.45, 2.75) is 51.4 Å². The molecule has 8 aliphatic carbocycles. The summed E-state index contributed by atoms with van der Waals surface area (Å²) in [5.74, 6) is 0. The topological polar surface area (TPSA) is 172 Å². The fourth-order valence-electron chi connectivity index (χ4n) is 26.0. The SMILES string of the molecule is c1ccc2c(c1)Cc1c-2ccc2c1-c1cc3nc4c5cccnc5c5ccncc5n4c3cc1C2.c1ccc2c(c1)Cc1c-2ccc2c1-c1cc3nc4c5ccncc5c5ccncc5n4c3cc1C2.c1ccc2c(c1)Cc1c-2ccc2c1-c1cc3nc4c5cnccc5c5ccncc5n4c3cc1C2.c1ccc2c(c1)Cc1c-2ccc2c1-c1cc3nc4c5ncccc5c5ccncc5n4c3cc1C2. The van der Waals surface area contributed by atoms with Crippen LogP contribution in [-0.4, -0.2) is 77.4 Å². The molecular formula is C124H72N16. The maximum absolute atomic E-state index is 5.18. The average Bonchev–Trinajstić information content (AvgIpc) is 1.56. The Labute approximate surface area is 796 Å². The summed E-state index contributed by atoms with van der Waals surface area (Å²) < 4.78 is 9.07. The summed E-state index contributed by atoms with van der Waals surface area (Å²) in [5.41, 5.74) is 63.4. The van der Waals surface area contributed by atoms with Gasteiger partial charge in [0.2, 0.25) is 0 Å². The zero-order chi connectivity index (χ0) is 90.7. The van der Waals surface area contributed by atoms with E-state index in [0.29, 0.717) is 0 Å². The van der Waals surface area contributed by atoms with Crippen LogP contribution in [-0.2, 0) is 51.4 Å². The Morgan fingerprint density at radius 3 is 0.893 bits per heavy atom. The molecule has 0 unspecified atom stereocenters. The fraction of sp³-hybridized carbons (Fsp3) is 0.0645. The maximum atomic E-state index is 5.18. The molecule has 0 fully saturated rings.